The molecule has 0 amide bonds. The first-order valence-corrected chi connectivity index (χ1v) is 13.5. The van der Waals surface area contributed by atoms with Gasteiger partial charge in [-0.05, 0) is 87.9 Å². The Hall–Kier alpha value is -1.83. The van der Waals surface area contributed by atoms with Crippen molar-refractivity contribution in [3.05, 3.63) is 17.8 Å². The molecule has 2 aromatic heterocycles. The largest absolute Gasteiger partial charge is 0.493 e. The lowest BCUT2D eigenvalue weighted by atomic mass is 9.50. The Bertz CT molecular complexity index is 1110. The van der Waals surface area contributed by atoms with Crippen molar-refractivity contribution in [1.82, 2.24) is 14.6 Å². The fourth-order valence-corrected chi connectivity index (χ4v) is 8.43. The van der Waals surface area contributed by atoms with E-state index in [1.54, 1.807) is 4.40 Å². The molecule has 4 bridgehead atoms. The van der Waals surface area contributed by atoms with Gasteiger partial charge in [0, 0.05) is 23.2 Å². The highest BCUT2D eigenvalue weighted by atomic mass is 32.2. The van der Waals surface area contributed by atoms with Crippen LogP contribution in [-0.4, -0.2) is 34.9 Å². The lowest BCUT2D eigenvalue weighted by Crippen LogP contribution is -2.48. The Morgan fingerprint density at radius 2 is 1.71 bits per heavy atom. The molecule has 6 aliphatic carbocycles. The van der Waals surface area contributed by atoms with Crippen molar-refractivity contribution < 1.29 is 13.2 Å². The average molecular weight is 443 g/mol. The second-order valence-electron chi connectivity index (χ2n) is 11.2. The minimum absolute atomic E-state index is 0.286. The summed E-state index contributed by atoms with van der Waals surface area (Å²) < 4.78 is 35.8. The Labute approximate surface area is 183 Å². The Morgan fingerprint density at radius 3 is 2.32 bits per heavy atom. The molecule has 0 spiro atoms. The van der Waals surface area contributed by atoms with Crippen molar-refractivity contribution in [3.8, 4) is 5.75 Å². The predicted octanol–water partition coefficient (Wildman–Crippen LogP) is 4.11. The molecule has 31 heavy (non-hydrogen) atoms. The quantitative estimate of drug-likeness (QED) is 0.698. The summed E-state index contributed by atoms with van der Waals surface area (Å²) in [6.45, 7) is 0.807. The number of fused-ring (bicyclic) bond motifs is 1. The highest BCUT2D eigenvalue weighted by Crippen LogP contribution is 2.60. The summed E-state index contributed by atoms with van der Waals surface area (Å²) in [4.78, 5) is 0. The lowest BCUT2D eigenvalue weighted by Gasteiger charge is -2.56. The van der Waals surface area contributed by atoms with Gasteiger partial charge in [0.05, 0.1) is 11.9 Å². The molecule has 6 aliphatic rings. The number of hydrogen-bond donors (Lipinski definition) is 1. The summed E-state index contributed by atoms with van der Waals surface area (Å²) in [6, 6.07) is 1.97. The van der Waals surface area contributed by atoms with E-state index in [9.17, 15) is 8.42 Å². The van der Waals surface area contributed by atoms with Crippen LogP contribution in [-0.2, 0) is 10.0 Å². The summed E-state index contributed by atoms with van der Waals surface area (Å²) in [7, 11) is -3.37. The summed E-state index contributed by atoms with van der Waals surface area (Å²) in [5.41, 5.74) is 2.17. The topological polar surface area (TPSA) is 85.6 Å². The van der Waals surface area contributed by atoms with E-state index in [0.717, 1.165) is 55.8 Å². The van der Waals surface area contributed by atoms with E-state index in [1.165, 1.54) is 44.1 Å². The van der Waals surface area contributed by atoms with Crippen molar-refractivity contribution in [1.29, 1.82) is 0 Å². The van der Waals surface area contributed by atoms with Crippen molar-refractivity contribution in [3.63, 3.8) is 0 Å². The van der Waals surface area contributed by atoms with Gasteiger partial charge in [0.2, 0.25) is 16.0 Å². The van der Waals surface area contributed by atoms with Crippen molar-refractivity contribution in [2.24, 2.45) is 23.2 Å². The monoisotopic (exact) mass is 442 g/mol. The molecule has 1 N–H and O–H groups in total. The first-order valence-electron chi connectivity index (χ1n) is 12.0. The maximum Gasteiger partial charge on any atom is 0.242 e. The Kier molecular flexibility index (Phi) is 3.84. The predicted molar refractivity (Wildman–Crippen MR) is 117 cm³/mol. The number of pyridine rings is 1. The zero-order valence-corrected chi connectivity index (χ0v) is 18.6. The maximum atomic E-state index is 12.4. The lowest BCUT2D eigenvalue weighted by molar-refractivity contribution is -0.0746. The third-order valence-electron chi connectivity index (χ3n) is 8.45. The molecule has 8 heteroatoms. The van der Waals surface area contributed by atoms with Gasteiger partial charge >= 0.3 is 0 Å². The number of ether oxygens (including phenoxy) is 1. The number of anilines is 1. The summed E-state index contributed by atoms with van der Waals surface area (Å²) in [5.74, 6) is 4.45. The number of sulfonamides is 1. The van der Waals surface area contributed by atoms with E-state index < -0.39 is 10.0 Å². The van der Waals surface area contributed by atoms with E-state index in [4.69, 9.17) is 4.74 Å². The van der Waals surface area contributed by atoms with Crippen LogP contribution in [0.5, 0.6) is 5.75 Å². The van der Waals surface area contributed by atoms with Crippen LogP contribution >= 0.6 is 0 Å². The van der Waals surface area contributed by atoms with E-state index in [0.29, 0.717) is 17.0 Å². The van der Waals surface area contributed by atoms with Gasteiger partial charge in [0.15, 0.2) is 5.65 Å². The summed E-state index contributed by atoms with van der Waals surface area (Å²) >= 11 is 0. The minimum Gasteiger partial charge on any atom is -0.493 e. The van der Waals surface area contributed by atoms with Crippen LogP contribution in [0, 0.1) is 23.2 Å². The van der Waals surface area contributed by atoms with E-state index in [1.807, 2.05) is 12.3 Å². The molecule has 2 aromatic rings. The molecule has 6 saturated carbocycles. The van der Waals surface area contributed by atoms with Crippen LogP contribution in [0.2, 0.25) is 0 Å². The standard InChI is InChI=1S/C23H30N4O3S/c28-31(29,18-3-4-18)26-22-25-24-21-8-20(19(12-27(21)22)17-1-2-17)30-13-23-9-14-5-15(10-23)7-16(6-14)11-23/h8,12,14-18H,1-7,9-11,13H2,(H,25,26). The summed E-state index contributed by atoms with van der Waals surface area (Å²) in [5, 5.41) is 8.09. The second-order valence-corrected chi connectivity index (χ2v) is 13.1. The van der Waals surface area contributed by atoms with Crippen LogP contribution in [0.15, 0.2) is 12.3 Å². The number of nitrogens with one attached hydrogen (secondary N) is 1. The molecule has 0 unspecified atom stereocenters. The van der Waals surface area contributed by atoms with E-state index in [2.05, 4.69) is 14.9 Å². The molecule has 7 nitrogen and oxygen atoms in total. The molecule has 0 radical (unpaired) electrons. The fraction of sp³-hybridized carbons (Fsp3) is 0.739. The van der Waals surface area contributed by atoms with Gasteiger partial charge in [-0.2, -0.15) is 0 Å². The van der Waals surface area contributed by atoms with Crippen molar-refractivity contribution >= 4 is 21.6 Å². The van der Waals surface area contributed by atoms with E-state index >= 15 is 0 Å². The van der Waals surface area contributed by atoms with Gasteiger partial charge in [-0.15, -0.1) is 10.2 Å². The first-order chi connectivity index (χ1) is 15.0. The van der Waals surface area contributed by atoms with Crippen molar-refractivity contribution in [2.45, 2.75) is 75.4 Å². The van der Waals surface area contributed by atoms with Crippen molar-refractivity contribution in [2.75, 3.05) is 11.3 Å². The first kappa shape index (κ1) is 18.7. The molecule has 0 aromatic carbocycles. The highest BCUT2D eigenvalue weighted by molar-refractivity contribution is 7.93. The molecular weight excluding hydrogens is 412 g/mol. The third kappa shape index (κ3) is 3.24. The smallest absolute Gasteiger partial charge is 0.242 e. The molecule has 0 saturated heterocycles. The van der Waals surface area contributed by atoms with Gasteiger partial charge in [-0.25, -0.2) is 8.42 Å². The molecule has 166 valence electrons. The molecule has 2 heterocycles. The van der Waals surface area contributed by atoms with Gasteiger partial charge in [-0.1, -0.05) is 0 Å². The average Bonchev–Trinajstić information content (AvgIpc) is 3.62. The third-order valence-corrected chi connectivity index (χ3v) is 10.3. The van der Waals surface area contributed by atoms with Gasteiger partial charge in [0.25, 0.3) is 0 Å². The molecular formula is C23H30N4O3S. The van der Waals surface area contributed by atoms with Gasteiger partial charge in [-0.3, -0.25) is 9.12 Å². The maximum absolute atomic E-state index is 12.4. The minimum atomic E-state index is -3.37. The zero-order chi connectivity index (χ0) is 20.8. The SMILES string of the molecule is O=S(=O)(Nc1nnc2cc(OCC34CC5CC(CC(C5)C3)C4)c(C3CC3)cn12)C1CC1. The molecule has 0 atom stereocenters. The Balaban J connectivity index is 1.18. The molecule has 6 fully saturated rings. The number of aromatic nitrogens is 3. The van der Waals surface area contributed by atoms with Crippen LogP contribution < -0.4 is 9.46 Å². The van der Waals surface area contributed by atoms with Crippen LogP contribution in [0.4, 0.5) is 5.95 Å². The number of hydrogen-bond acceptors (Lipinski definition) is 5. The normalized spacial score (nSPS) is 34.4. The van der Waals surface area contributed by atoms with Crippen LogP contribution in [0.3, 0.4) is 0 Å². The Morgan fingerprint density at radius 1 is 1.03 bits per heavy atom. The highest BCUT2D eigenvalue weighted by Gasteiger charge is 2.51. The second kappa shape index (κ2) is 6.36. The van der Waals surface area contributed by atoms with Crippen LogP contribution in [0.1, 0.15) is 75.7 Å². The van der Waals surface area contributed by atoms with Crippen LogP contribution in [0.25, 0.3) is 5.65 Å². The fourth-order valence-electron chi connectivity index (χ4n) is 7.11. The summed E-state index contributed by atoms with van der Waals surface area (Å²) in [6.07, 6.45) is 14.1. The molecule has 0 aliphatic heterocycles. The van der Waals surface area contributed by atoms with E-state index in [-0.39, 0.29) is 11.2 Å². The molecule has 8 rings (SSSR count). The van der Waals surface area contributed by atoms with Gasteiger partial charge in [0.1, 0.15) is 5.75 Å². The van der Waals surface area contributed by atoms with Gasteiger partial charge < -0.3 is 4.74 Å². The zero-order valence-electron chi connectivity index (χ0n) is 17.8. The number of rotatable bonds is 7. The number of nitrogens with zero attached hydrogens (tertiary/aromatic N) is 3.